The number of rotatable bonds is 2. The molecule has 0 radical (unpaired) electrons. The fourth-order valence-electron chi connectivity index (χ4n) is 5.11. The number of fused-ring (bicyclic) bond motifs is 3. The monoisotopic (exact) mass is 272 g/mol. The van der Waals surface area contributed by atoms with E-state index >= 15 is 0 Å². The third-order valence-corrected chi connectivity index (χ3v) is 6.29. The molecule has 3 heteroatoms. The van der Waals surface area contributed by atoms with Gasteiger partial charge in [0.2, 0.25) is 0 Å². The van der Waals surface area contributed by atoms with E-state index in [0.717, 1.165) is 45.3 Å². The molecule has 0 saturated carbocycles. The maximum absolute atomic E-state index is 11.6. The van der Waals surface area contributed by atoms with Gasteiger partial charge in [-0.3, -0.25) is 0 Å². The minimum atomic E-state index is -0.610. The Kier molecular flexibility index (Phi) is 2.75. The summed E-state index contributed by atoms with van der Waals surface area (Å²) in [5.74, 6) is 0.394. The van der Waals surface area contributed by atoms with Gasteiger partial charge in [-0.05, 0) is 43.4 Å². The highest BCUT2D eigenvalue weighted by Gasteiger charge is 2.59. The van der Waals surface area contributed by atoms with Gasteiger partial charge in [0, 0.05) is 31.0 Å². The second-order valence-corrected chi connectivity index (χ2v) is 6.90. The smallest absolute Gasteiger partial charge is 0.0809 e. The molecule has 1 aromatic rings. The maximum atomic E-state index is 11.6. The molecule has 0 spiro atoms. The van der Waals surface area contributed by atoms with Gasteiger partial charge in [0.15, 0.2) is 0 Å². The standard InChI is InChI=1S/C17H24N2O/c18-12-16(7-5-13-3-1-2-4-15(13)16)17(20)8-10-19-9-6-14(17)11-19/h1-4,14,20H,5-12,18H2. The van der Waals surface area contributed by atoms with Crippen LogP contribution in [0.3, 0.4) is 0 Å². The molecule has 0 amide bonds. The van der Waals surface area contributed by atoms with E-state index in [1.807, 2.05) is 0 Å². The number of hydrogen-bond donors (Lipinski definition) is 2. The van der Waals surface area contributed by atoms with Gasteiger partial charge in [-0.15, -0.1) is 0 Å². The van der Waals surface area contributed by atoms with Crippen LogP contribution in [0, 0.1) is 5.92 Å². The van der Waals surface area contributed by atoms with Crippen LogP contribution in [0.25, 0.3) is 0 Å². The van der Waals surface area contributed by atoms with Gasteiger partial charge in [0.1, 0.15) is 0 Å². The lowest BCUT2D eigenvalue weighted by atomic mass is 9.60. The minimum Gasteiger partial charge on any atom is -0.389 e. The number of nitrogens with two attached hydrogens (primary N) is 1. The van der Waals surface area contributed by atoms with Crippen molar-refractivity contribution in [2.75, 3.05) is 26.2 Å². The molecule has 2 bridgehead atoms. The fourth-order valence-corrected chi connectivity index (χ4v) is 5.11. The molecule has 3 nitrogen and oxygen atoms in total. The van der Waals surface area contributed by atoms with E-state index in [4.69, 9.17) is 5.73 Å². The molecule has 3 N–H and O–H groups in total. The predicted octanol–water partition coefficient (Wildman–Crippen LogP) is 1.29. The van der Waals surface area contributed by atoms with E-state index in [1.165, 1.54) is 11.1 Å². The van der Waals surface area contributed by atoms with Crippen LogP contribution in [0.5, 0.6) is 0 Å². The molecule has 4 rings (SSSR count). The molecule has 20 heavy (non-hydrogen) atoms. The Morgan fingerprint density at radius 3 is 2.95 bits per heavy atom. The zero-order chi connectivity index (χ0) is 13.8. The summed E-state index contributed by atoms with van der Waals surface area (Å²) >= 11 is 0. The summed E-state index contributed by atoms with van der Waals surface area (Å²) in [6.07, 6.45) is 4.07. The average Bonchev–Trinajstić information content (AvgIpc) is 3.07. The molecule has 2 aliphatic heterocycles. The quantitative estimate of drug-likeness (QED) is 0.853. The first-order valence-corrected chi connectivity index (χ1v) is 7.93. The number of aryl methyl sites for hydroxylation is 1. The van der Waals surface area contributed by atoms with Crippen LogP contribution in [0.2, 0.25) is 0 Å². The van der Waals surface area contributed by atoms with Crippen molar-refractivity contribution >= 4 is 0 Å². The van der Waals surface area contributed by atoms with E-state index in [9.17, 15) is 5.11 Å². The number of hydrogen-bond acceptors (Lipinski definition) is 3. The van der Waals surface area contributed by atoms with Crippen LogP contribution in [-0.4, -0.2) is 41.8 Å². The third-order valence-electron chi connectivity index (χ3n) is 6.29. The molecule has 2 saturated heterocycles. The lowest BCUT2D eigenvalue weighted by Gasteiger charge is -2.51. The summed E-state index contributed by atoms with van der Waals surface area (Å²) < 4.78 is 0. The van der Waals surface area contributed by atoms with E-state index in [0.29, 0.717) is 12.5 Å². The highest BCUT2D eigenvalue weighted by Crippen LogP contribution is 2.53. The summed E-state index contributed by atoms with van der Waals surface area (Å²) in [6, 6.07) is 8.61. The molecule has 108 valence electrons. The van der Waals surface area contributed by atoms with Crippen LogP contribution < -0.4 is 5.73 Å². The van der Waals surface area contributed by atoms with Crippen molar-refractivity contribution in [1.29, 1.82) is 0 Å². The normalized spacial score (nSPS) is 42.7. The van der Waals surface area contributed by atoms with E-state index in [1.54, 1.807) is 0 Å². The van der Waals surface area contributed by atoms with Gasteiger partial charge in [0.05, 0.1) is 5.60 Å². The van der Waals surface area contributed by atoms with Crippen molar-refractivity contribution in [3.8, 4) is 0 Å². The summed E-state index contributed by atoms with van der Waals surface area (Å²) in [7, 11) is 0. The van der Waals surface area contributed by atoms with E-state index in [-0.39, 0.29) is 5.41 Å². The first kappa shape index (κ1) is 12.8. The zero-order valence-electron chi connectivity index (χ0n) is 12.0. The molecule has 1 aromatic carbocycles. The van der Waals surface area contributed by atoms with Crippen molar-refractivity contribution in [2.45, 2.75) is 36.7 Å². The Morgan fingerprint density at radius 2 is 2.10 bits per heavy atom. The molecule has 4 unspecified atom stereocenters. The van der Waals surface area contributed by atoms with Gasteiger partial charge in [-0.1, -0.05) is 24.3 Å². The molecule has 2 heterocycles. The highest BCUT2D eigenvalue weighted by atomic mass is 16.3. The third kappa shape index (κ3) is 1.46. The predicted molar refractivity (Wildman–Crippen MR) is 79.6 cm³/mol. The molecular formula is C17H24N2O. The van der Waals surface area contributed by atoms with Gasteiger partial charge in [-0.2, -0.15) is 0 Å². The Balaban J connectivity index is 1.82. The van der Waals surface area contributed by atoms with E-state index < -0.39 is 5.60 Å². The first-order valence-electron chi connectivity index (χ1n) is 7.93. The number of benzene rings is 1. The topological polar surface area (TPSA) is 49.5 Å². The first-order chi connectivity index (χ1) is 9.69. The van der Waals surface area contributed by atoms with Crippen molar-refractivity contribution in [3.05, 3.63) is 35.4 Å². The zero-order valence-corrected chi connectivity index (χ0v) is 12.0. The van der Waals surface area contributed by atoms with E-state index in [2.05, 4.69) is 29.2 Å². The lowest BCUT2D eigenvalue weighted by Crippen LogP contribution is -2.62. The Bertz CT molecular complexity index is 531. The molecule has 4 atom stereocenters. The van der Waals surface area contributed by atoms with Crippen LogP contribution in [-0.2, 0) is 11.8 Å². The Labute approximate surface area is 120 Å². The second kappa shape index (κ2) is 4.30. The number of nitrogens with zero attached hydrogens (tertiary/aromatic N) is 1. The summed E-state index contributed by atoms with van der Waals surface area (Å²) in [5.41, 5.74) is 8.15. The van der Waals surface area contributed by atoms with Gasteiger partial charge in [0.25, 0.3) is 0 Å². The summed E-state index contributed by atoms with van der Waals surface area (Å²) in [6.45, 7) is 3.80. The van der Waals surface area contributed by atoms with Gasteiger partial charge >= 0.3 is 0 Å². The Morgan fingerprint density at radius 1 is 1.25 bits per heavy atom. The lowest BCUT2D eigenvalue weighted by molar-refractivity contribution is -0.105. The fraction of sp³-hybridized carbons (Fsp3) is 0.647. The van der Waals surface area contributed by atoms with Crippen molar-refractivity contribution in [3.63, 3.8) is 0 Å². The molecular weight excluding hydrogens is 248 g/mol. The summed E-state index contributed by atoms with van der Waals surface area (Å²) in [4.78, 5) is 2.49. The summed E-state index contributed by atoms with van der Waals surface area (Å²) in [5, 5.41) is 11.6. The molecule has 2 fully saturated rings. The van der Waals surface area contributed by atoms with Crippen LogP contribution >= 0.6 is 0 Å². The number of aliphatic hydroxyl groups is 1. The van der Waals surface area contributed by atoms with Crippen molar-refractivity contribution < 1.29 is 5.11 Å². The highest BCUT2D eigenvalue weighted by molar-refractivity contribution is 5.43. The van der Waals surface area contributed by atoms with Crippen LogP contribution in [0.1, 0.15) is 30.4 Å². The molecule has 3 aliphatic rings. The Hall–Kier alpha value is -0.900. The van der Waals surface area contributed by atoms with Crippen LogP contribution in [0.15, 0.2) is 24.3 Å². The van der Waals surface area contributed by atoms with Crippen LogP contribution in [0.4, 0.5) is 0 Å². The number of piperidine rings is 1. The molecule has 1 aliphatic carbocycles. The molecule has 0 aromatic heterocycles. The largest absolute Gasteiger partial charge is 0.389 e. The van der Waals surface area contributed by atoms with Crippen molar-refractivity contribution in [2.24, 2.45) is 11.7 Å². The average molecular weight is 272 g/mol. The van der Waals surface area contributed by atoms with Crippen molar-refractivity contribution in [1.82, 2.24) is 4.90 Å². The second-order valence-electron chi connectivity index (χ2n) is 6.90. The SMILES string of the molecule is NCC1(C2(O)CCN3CCC2C3)CCc2ccccc21. The van der Waals surface area contributed by atoms with Gasteiger partial charge in [-0.25, -0.2) is 0 Å². The maximum Gasteiger partial charge on any atom is 0.0809 e. The van der Waals surface area contributed by atoms with Gasteiger partial charge < -0.3 is 15.7 Å². The minimum absolute atomic E-state index is 0.218.